The summed E-state index contributed by atoms with van der Waals surface area (Å²) >= 11 is 0. The summed E-state index contributed by atoms with van der Waals surface area (Å²) in [5, 5.41) is 14.3. The molecule has 3 heterocycles. The minimum Gasteiger partial charge on any atom is -0.391 e. The van der Waals surface area contributed by atoms with Gasteiger partial charge in [0.25, 0.3) is 5.56 Å². The van der Waals surface area contributed by atoms with Crippen LogP contribution in [0.3, 0.4) is 0 Å². The number of halogens is 3. The average molecular weight is 442 g/mol. The fourth-order valence-corrected chi connectivity index (χ4v) is 4.55. The molecule has 32 heavy (non-hydrogen) atoms. The Kier molecular flexibility index (Phi) is 5.00. The maximum Gasteiger partial charge on any atom is 0.418 e. The van der Waals surface area contributed by atoms with Crippen LogP contribution in [0.1, 0.15) is 29.5 Å². The van der Waals surface area contributed by atoms with Crippen molar-refractivity contribution in [2.45, 2.75) is 38.0 Å². The Hall–Kier alpha value is -3.20. The van der Waals surface area contributed by atoms with Crippen LogP contribution in [0.15, 0.2) is 47.4 Å². The molecule has 0 saturated carbocycles. The predicted molar refractivity (Wildman–Crippen MR) is 113 cm³/mol. The van der Waals surface area contributed by atoms with Crippen LogP contribution < -0.4 is 10.5 Å². The maximum absolute atomic E-state index is 13.9. The molecule has 2 aromatic heterocycles. The summed E-state index contributed by atoms with van der Waals surface area (Å²) in [6.45, 7) is 0.855. The second-order valence-electron chi connectivity index (χ2n) is 8.18. The lowest BCUT2D eigenvalue weighted by atomic mass is 10.1. The Morgan fingerprint density at radius 1 is 1.09 bits per heavy atom. The third-order valence-electron chi connectivity index (χ3n) is 6.11. The van der Waals surface area contributed by atoms with Gasteiger partial charge in [-0.2, -0.15) is 23.0 Å². The zero-order chi connectivity index (χ0) is 22.5. The summed E-state index contributed by atoms with van der Waals surface area (Å²) in [7, 11) is 0. The van der Waals surface area contributed by atoms with E-state index >= 15 is 0 Å². The summed E-state index contributed by atoms with van der Waals surface area (Å²) in [6, 6.07) is 8.97. The summed E-state index contributed by atoms with van der Waals surface area (Å²) in [4.78, 5) is 19.4. The zero-order valence-electron chi connectivity index (χ0n) is 17.1. The minimum atomic E-state index is -4.66. The van der Waals surface area contributed by atoms with Crippen LogP contribution in [-0.4, -0.2) is 39.1 Å². The monoisotopic (exact) mass is 442 g/mol. The highest BCUT2D eigenvalue weighted by Gasteiger charge is 2.36. The third-order valence-corrected chi connectivity index (χ3v) is 6.11. The molecule has 9 heteroatoms. The van der Waals surface area contributed by atoms with Gasteiger partial charge >= 0.3 is 6.18 Å². The van der Waals surface area contributed by atoms with E-state index < -0.39 is 23.4 Å². The zero-order valence-corrected chi connectivity index (χ0v) is 17.1. The van der Waals surface area contributed by atoms with Crippen molar-refractivity contribution in [1.29, 1.82) is 0 Å². The summed E-state index contributed by atoms with van der Waals surface area (Å²) in [6.07, 6.45) is -1.18. The second kappa shape index (κ2) is 7.74. The average Bonchev–Trinajstić information content (AvgIpc) is 3.43. The van der Waals surface area contributed by atoms with E-state index in [1.165, 1.54) is 12.1 Å². The first-order valence-corrected chi connectivity index (χ1v) is 10.5. The molecular formula is C23H21F3N4O2. The molecule has 1 aliphatic heterocycles. The minimum absolute atomic E-state index is 0.312. The van der Waals surface area contributed by atoms with E-state index in [2.05, 4.69) is 10.1 Å². The van der Waals surface area contributed by atoms with Gasteiger partial charge in [-0.3, -0.25) is 9.78 Å². The van der Waals surface area contributed by atoms with Gasteiger partial charge in [0.2, 0.25) is 0 Å². The van der Waals surface area contributed by atoms with Crippen molar-refractivity contribution in [3.05, 3.63) is 69.6 Å². The molecule has 1 atom stereocenters. The predicted octanol–water partition coefficient (Wildman–Crippen LogP) is 3.37. The lowest BCUT2D eigenvalue weighted by Crippen LogP contribution is -2.29. The normalized spacial score (nSPS) is 18.2. The van der Waals surface area contributed by atoms with Gasteiger partial charge in [0.1, 0.15) is 5.69 Å². The Morgan fingerprint density at radius 2 is 1.91 bits per heavy atom. The SMILES string of the molecule is O=c1c2c(c(-c3ccccn3)nn1-c1cc(N3CCC(O)C3)ccc1C(F)(F)F)CCC2. The number of nitrogens with zero attached hydrogens (tertiary/aromatic N) is 4. The lowest BCUT2D eigenvalue weighted by Gasteiger charge is -2.22. The van der Waals surface area contributed by atoms with E-state index in [0.717, 1.165) is 22.7 Å². The molecule has 0 amide bonds. The number of benzene rings is 1. The highest BCUT2D eigenvalue weighted by molar-refractivity contribution is 5.63. The van der Waals surface area contributed by atoms with Crippen molar-refractivity contribution >= 4 is 5.69 Å². The molecule has 3 aromatic rings. The van der Waals surface area contributed by atoms with E-state index in [1.807, 2.05) is 4.90 Å². The highest BCUT2D eigenvalue weighted by atomic mass is 19.4. The number of fused-ring (bicyclic) bond motifs is 1. The van der Waals surface area contributed by atoms with Crippen molar-refractivity contribution in [3.8, 4) is 17.1 Å². The fraction of sp³-hybridized carbons (Fsp3) is 0.348. The molecule has 166 valence electrons. The lowest BCUT2D eigenvalue weighted by molar-refractivity contribution is -0.137. The number of aromatic nitrogens is 3. The van der Waals surface area contributed by atoms with Crippen LogP contribution in [0.5, 0.6) is 0 Å². The van der Waals surface area contributed by atoms with Gasteiger partial charge in [-0.25, -0.2) is 0 Å². The molecular weight excluding hydrogens is 421 g/mol. The van der Waals surface area contributed by atoms with Crippen LogP contribution in [0.4, 0.5) is 18.9 Å². The first kappa shape index (κ1) is 20.7. The number of aliphatic hydroxyl groups excluding tert-OH is 1. The third kappa shape index (κ3) is 3.56. The number of hydrogen-bond donors (Lipinski definition) is 1. The van der Waals surface area contributed by atoms with E-state index in [0.29, 0.717) is 55.0 Å². The number of rotatable bonds is 3. The molecule has 2 aliphatic rings. The van der Waals surface area contributed by atoms with Crippen LogP contribution in [0.25, 0.3) is 17.1 Å². The first-order valence-electron chi connectivity index (χ1n) is 10.5. The van der Waals surface area contributed by atoms with Crippen molar-refractivity contribution in [2.24, 2.45) is 0 Å². The van der Waals surface area contributed by atoms with E-state index in [1.54, 1.807) is 24.4 Å². The smallest absolute Gasteiger partial charge is 0.391 e. The molecule has 1 N–H and O–H groups in total. The second-order valence-corrected chi connectivity index (χ2v) is 8.18. The Balaban J connectivity index is 1.74. The fourth-order valence-electron chi connectivity index (χ4n) is 4.55. The molecule has 5 rings (SSSR count). The number of aliphatic hydroxyl groups is 1. The van der Waals surface area contributed by atoms with Gasteiger partial charge in [0, 0.05) is 30.5 Å². The number of β-amino-alcohol motifs (C(OH)–C–C–N with tert-alkyl or cyclic N) is 1. The quantitative estimate of drug-likeness (QED) is 0.674. The van der Waals surface area contributed by atoms with E-state index in [9.17, 15) is 23.1 Å². The molecule has 0 radical (unpaired) electrons. The topological polar surface area (TPSA) is 71.2 Å². The molecule has 0 spiro atoms. The van der Waals surface area contributed by atoms with Crippen LogP contribution in [0, 0.1) is 0 Å². The van der Waals surface area contributed by atoms with Crippen LogP contribution >= 0.6 is 0 Å². The van der Waals surface area contributed by atoms with Crippen molar-refractivity contribution < 1.29 is 18.3 Å². The molecule has 1 aliphatic carbocycles. The molecule has 1 unspecified atom stereocenters. The van der Waals surface area contributed by atoms with Crippen molar-refractivity contribution in [2.75, 3.05) is 18.0 Å². The van der Waals surface area contributed by atoms with E-state index in [4.69, 9.17) is 0 Å². The Labute approximate surface area is 182 Å². The Morgan fingerprint density at radius 3 is 2.59 bits per heavy atom. The molecule has 1 aromatic carbocycles. The largest absolute Gasteiger partial charge is 0.418 e. The molecule has 1 fully saturated rings. The standard InChI is InChI=1S/C23H21F3N4O2/c24-23(25,26)18-8-7-14(29-11-9-15(31)13-29)12-20(18)30-22(32)17-5-3-4-16(17)21(28-30)19-6-1-2-10-27-19/h1-2,6-8,10,12,15,31H,3-5,9,11,13H2. The van der Waals surface area contributed by atoms with Gasteiger partial charge in [0.05, 0.1) is 23.0 Å². The van der Waals surface area contributed by atoms with Gasteiger partial charge in [-0.15, -0.1) is 0 Å². The van der Waals surface area contributed by atoms with Gasteiger partial charge in [0.15, 0.2) is 0 Å². The van der Waals surface area contributed by atoms with Crippen molar-refractivity contribution in [1.82, 2.24) is 14.8 Å². The first-order chi connectivity index (χ1) is 15.3. The van der Waals surface area contributed by atoms with Crippen LogP contribution in [-0.2, 0) is 19.0 Å². The number of hydrogen-bond acceptors (Lipinski definition) is 5. The van der Waals surface area contributed by atoms with Crippen LogP contribution in [0.2, 0.25) is 0 Å². The number of pyridine rings is 1. The van der Waals surface area contributed by atoms with Gasteiger partial charge in [-0.1, -0.05) is 6.07 Å². The molecule has 6 nitrogen and oxygen atoms in total. The molecule has 0 bridgehead atoms. The number of anilines is 1. The summed E-state index contributed by atoms with van der Waals surface area (Å²) < 4.78 is 42.7. The maximum atomic E-state index is 13.9. The Bertz CT molecular complexity index is 1220. The van der Waals surface area contributed by atoms with Crippen molar-refractivity contribution in [3.63, 3.8) is 0 Å². The summed E-state index contributed by atoms with van der Waals surface area (Å²) in [5.41, 5.74) is 0.959. The summed E-state index contributed by atoms with van der Waals surface area (Å²) in [5.74, 6) is 0. The highest BCUT2D eigenvalue weighted by Crippen LogP contribution is 2.37. The van der Waals surface area contributed by atoms with Gasteiger partial charge < -0.3 is 10.0 Å². The number of alkyl halides is 3. The van der Waals surface area contributed by atoms with Gasteiger partial charge in [-0.05, 0) is 61.6 Å². The molecule has 1 saturated heterocycles. The van der Waals surface area contributed by atoms with E-state index in [-0.39, 0.29) is 5.69 Å².